The number of halogens is 4. The number of nitrogens with one attached hydrogen (secondary N) is 2. The minimum absolute atomic E-state index is 0. The third kappa shape index (κ3) is 3.47. The topological polar surface area (TPSA) is 57.8 Å². The van der Waals surface area contributed by atoms with Gasteiger partial charge < -0.3 is 5.32 Å². The minimum Gasteiger partial charge on any atom is -0.322 e. The van der Waals surface area contributed by atoms with Gasteiger partial charge in [-0.15, -0.1) is 12.4 Å². The van der Waals surface area contributed by atoms with Gasteiger partial charge in [0.2, 0.25) is 0 Å². The molecule has 1 heterocycles. The van der Waals surface area contributed by atoms with E-state index in [4.69, 9.17) is 0 Å². The normalized spacial score (nSPS) is 10.7. The molecule has 2 N–H and O–H groups in total. The highest BCUT2D eigenvalue weighted by molar-refractivity contribution is 6.05. The first-order valence-corrected chi connectivity index (χ1v) is 4.95. The second-order valence-electron chi connectivity index (χ2n) is 3.48. The molecule has 8 heteroatoms. The first-order chi connectivity index (χ1) is 8.48. The molecule has 0 aliphatic rings. The van der Waals surface area contributed by atoms with E-state index in [0.29, 0.717) is 5.69 Å². The Morgan fingerprint density at radius 2 is 1.84 bits per heavy atom. The zero-order valence-corrected chi connectivity index (χ0v) is 10.2. The van der Waals surface area contributed by atoms with Crippen molar-refractivity contribution < 1.29 is 18.0 Å². The number of para-hydroxylation sites is 1. The number of aromatic amines is 1. The average molecular weight is 292 g/mol. The fourth-order valence-electron chi connectivity index (χ4n) is 1.39. The van der Waals surface area contributed by atoms with E-state index in [1.807, 2.05) is 0 Å². The molecule has 0 spiro atoms. The van der Waals surface area contributed by atoms with Crippen molar-refractivity contribution in [1.29, 1.82) is 0 Å². The Balaban J connectivity index is 0.00000180. The lowest BCUT2D eigenvalue weighted by molar-refractivity contribution is -0.141. The molecule has 0 bridgehead atoms. The van der Waals surface area contributed by atoms with Gasteiger partial charge in [0, 0.05) is 5.69 Å². The molecule has 102 valence electrons. The van der Waals surface area contributed by atoms with E-state index in [1.165, 1.54) is 0 Å². The van der Waals surface area contributed by atoms with Crippen LogP contribution >= 0.6 is 12.4 Å². The Morgan fingerprint density at radius 1 is 1.21 bits per heavy atom. The van der Waals surface area contributed by atoms with Crippen LogP contribution in [0.3, 0.4) is 0 Å². The zero-order valence-electron chi connectivity index (χ0n) is 9.36. The van der Waals surface area contributed by atoms with E-state index in [9.17, 15) is 18.0 Å². The van der Waals surface area contributed by atoms with Crippen molar-refractivity contribution in [3.63, 3.8) is 0 Å². The van der Waals surface area contributed by atoms with Crippen LogP contribution in [-0.4, -0.2) is 16.1 Å². The first-order valence-electron chi connectivity index (χ1n) is 4.95. The Morgan fingerprint density at radius 3 is 2.42 bits per heavy atom. The van der Waals surface area contributed by atoms with Gasteiger partial charge in [-0.1, -0.05) is 18.2 Å². The number of alkyl halides is 3. The lowest BCUT2D eigenvalue weighted by Crippen LogP contribution is -2.17. The highest BCUT2D eigenvalue weighted by Gasteiger charge is 2.37. The number of nitrogens with zero attached hydrogens (tertiary/aromatic N) is 1. The molecule has 0 fully saturated rings. The van der Waals surface area contributed by atoms with Crippen LogP contribution in [-0.2, 0) is 6.18 Å². The minimum atomic E-state index is -4.64. The number of carbonyl (C=O) groups excluding carboxylic acids is 1. The highest BCUT2D eigenvalue weighted by Crippen LogP contribution is 2.30. The van der Waals surface area contributed by atoms with Gasteiger partial charge in [0.25, 0.3) is 5.91 Å². The summed E-state index contributed by atoms with van der Waals surface area (Å²) < 4.78 is 37.6. The standard InChI is InChI=1S/C11H8F3N3O.ClH/c12-11(13,14)9-8(6-15-17-9)10(18)16-7-4-2-1-3-5-7;/h1-6H,(H,15,17)(H,16,18);1H. The van der Waals surface area contributed by atoms with Crippen molar-refractivity contribution in [2.75, 3.05) is 5.32 Å². The molecule has 1 aromatic carbocycles. The summed E-state index contributed by atoms with van der Waals surface area (Å²) in [6, 6.07) is 8.20. The number of benzene rings is 1. The monoisotopic (exact) mass is 291 g/mol. The number of hydrogen-bond acceptors (Lipinski definition) is 2. The summed E-state index contributed by atoms with van der Waals surface area (Å²) in [7, 11) is 0. The van der Waals surface area contributed by atoms with Crippen molar-refractivity contribution in [2.24, 2.45) is 0 Å². The molecule has 0 saturated carbocycles. The average Bonchev–Trinajstić information content (AvgIpc) is 2.79. The van der Waals surface area contributed by atoms with Gasteiger partial charge >= 0.3 is 6.18 Å². The Kier molecular flexibility index (Phi) is 4.55. The van der Waals surface area contributed by atoms with Gasteiger partial charge in [-0.05, 0) is 12.1 Å². The number of carbonyl (C=O) groups is 1. The molecule has 1 amide bonds. The molecule has 1 aromatic heterocycles. The first kappa shape index (κ1) is 15.0. The van der Waals surface area contributed by atoms with Crippen LogP contribution in [0.25, 0.3) is 0 Å². The van der Waals surface area contributed by atoms with Crippen molar-refractivity contribution in [1.82, 2.24) is 10.2 Å². The fourth-order valence-corrected chi connectivity index (χ4v) is 1.39. The summed E-state index contributed by atoms with van der Waals surface area (Å²) in [5, 5.41) is 7.38. The predicted molar refractivity (Wildman–Crippen MR) is 65.2 cm³/mol. The van der Waals surface area contributed by atoms with E-state index < -0.39 is 23.3 Å². The number of anilines is 1. The largest absolute Gasteiger partial charge is 0.433 e. The van der Waals surface area contributed by atoms with Crippen LogP contribution in [0.5, 0.6) is 0 Å². The molecule has 4 nitrogen and oxygen atoms in total. The van der Waals surface area contributed by atoms with Gasteiger partial charge in [0.1, 0.15) is 0 Å². The van der Waals surface area contributed by atoms with Gasteiger partial charge in [-0.3, -0.25) is 9.89 Å². The Hall–Kier alpha value is -2.02. The molecule has 0 aliphatic heterocycles. The van der Waals surface area contributed by atoms with Crippen LogP contribution < -0.4 is 5.32 Å². The molecule has 19 heavy (non-hydrogen) atoms. The fraction of sp³-hybridized carbons (Fsp3) is 0.0909. The number of amides is 1. The maximum Gasteiger partial charge on any atom is 0.433 e. The molecule has 0 saturated heterocycles. The van der Waals surface area contributed by atoms with E-state index in [1.54, 1.807) is 35.4 Å². The molecular weight excluding hydrogens is 283 g/mol. The van der Waals surface area contributed by atoms with Crippen LogP contribution in [0.1, 0.15) is 16.1 Å². The molecule has 2 rings (SSSR count). The third-order valence-electron chi connectivity index (χ3n) is 2.20. The number of hydrogen-bond donors (Lipinski definition) is 2. The van der Waals surface area contributed by atoms with Crippen molar-refractivity contribution in [3.05, 3.63) is 47.8 Å². The molecule has 0 aliphatic carbocycles. The van der Waals surface area contributed by atoms with Crippen molar-refractivity contribution >= 4 is 24.0 Å². The van der Waals surface area contributed by atoms with Crippen molar-refractivity contribution in [2.45, 2.75) is 6.18 Å². The van der Waals surface area contributed by atoms with Crippen molar-refractivity contribution in [3.8, 4) is 0 Å². The Bertz CT molecular complexity index is 554. The SMILES string of the molecule is Cl.O=C(Nc1ccccc1)c1cn[nH]c1C(F)(F)F. The van der Waals surface area contributed by atoms with Gasteiger partial charge in [0.15, 0.2) is 5.69 Å². The van der Waals surface area contributed by atoms with Gasteiger partial charge in [-0.2, -0.15) is 18.3 Å². The lowest BCUT2D eigenvalue weighted by Gasteiger charge is -2.07. The number of rotatable bonds is 2. The second-order valence-corrected chi connectivity index (χ2v) is 3.48. The summed E-state index contributed by atoms with van der Waals surface area (Å²) >= 11 is 0. The summed E-state index contributed by atoms with van der Waals surface area (Å²) in [6.45, 7) is 0. The maximum absolute atomic E-state index is 12.5. The summed E-state index contributed by atoms with van der Waals surface area (Å²) in [5.41, 5.74) is -1.28. The molecular formula is C11H9ClF3N3O. The summed E-state index contributed by atoms with van der Waals surface area (Å²) in [5.74, 6) is -0.859. The predicted octanol–water partition coefficient (Wildman–Crippen LogP) is 3.10. The smallest absolute Gasteiger partial charge is 0.322 e. The number of aromatic nitrogens is 2. The third-order valence-corrected chi connectivity index (χ3v) is 2.20. The van der Waals surface area contributed by atoms with E-state index >= 15 is 0 Å². The highest BCUT2D eigenvalue weighted by atomic mass is 35.5. The Labute approximate surface area is 112 Å². The molecule has 0 atom stereocenters. The van der Waals surface area contributed by atoms with Crippen LogP contribution in [0.15, 0.2) is 36.5 Å². The van der Waals surface area contributed by atoms with E-state index in [2.05, 4.69) is 10.4 Å². The van der Waals surface area contributed by atoms with Gasteiger partial charge in [0.05, 0.1) is 11.8 Å². The molecule has 0 radical (unpaired) electrons. The molecule has 0 unspecified atom stereocenters. The van der Waals surface area contributed by atoms with Crippen LogP contribution in [0.2, 0.25) is 0 Å². The lowest BCUT2D eigenvalue weighted by atomic mass is 10.2. The summed E-state index contributed by atoms with van der Waals surface area (Å²) in [6.07, 6.45) is -3.79. The van der Waals surface area contributed by atoms with Crippen LogP contribution in [0.4, 0.5) is 18.9 Å². The number of H-pyrrole nitrogens is 1. The molecule has 2 aromatic rings. The zero-order chi connectivity index (χ0) is 13.2. The van der Waals surface area contributed by atoms with Crippen LogP contribution in [0, 0.1) is 0 Å². The van der Waals surface area contributed by atoms with Gasteiger partial charge in [-0.25, -0.2) is 0 Å². The van der Waals surface area contributed by atoms with E-state index in [-0.39, 0.29) is 12.4 Å². The maximum atomic E-state index is 12.5. The second kappa shape index (κ2) is 5.75. The summed E-state index contributed by atoms with van der Waals surface area (Å²) in [4.78, 5) is 11.7. The van der Waals surface area contributed by atoms with E-state index in [0.717, 1.165) is 6.20 Å². The quantitative estimate of drug-likeness (QED) is 0.893.